The van der Waals surface area contributed by atoms with Crippen LogP contribution in [0.15, 0.2) is 51.4 Å². The molecular formula is C16H17Br2NO2. The molecule has 2 rings (SSSR count). The minimum Gasteiger partial charge on any atom is -0.495 e. The molecule has 0 saturated heterocycles. The van der Waals surface area contributed by atoms with Crippen LogP contribution in [0.1, 0.15) is 6.42 Å². The lowest BCUT2D eigenvalue weighted by Gasteiger charge is -2.12. The van der Waals surface area contributed by atoms with Crippen molar-refractivity contribution in [3.63, 3.8) is 0 Å². The van der Waals surface area contributed by atoms with E-state index in [9.17, 15) is 0 Å². The first-order valence-corrected chi connectivity index (χ1v) is 8.24. The van der Waals surface area contributed by atoms with Gasteiger partial charge >= 0.3 is 0 Å². The molecular weight excluding hydrogens is 398 g/mol. The fourth-order valence-corrected chi connectivity index (χ4v) is 3.12. The van der Waals surface area contributed by atoms with E-state index in [-0.39, 0.29) is 0 Å². The topological polar surface area (TPSA) is 30.5 Å². The Kier molecular flexibility index (Phi) is 6.39. The molecule has 3 nitrogen and oxygen atoms in total. The van der Waals surface area contributed by atoms with Crippen LogP contribution in [0.4, 0.5) is 5.69 Å². The highest BCUT2D eigenvalue weighted by atomic mass is 79.9. The lowest BCUT2D eigenvalue weighted by Crippen LogP contribution is -2.07. The Morgan fingerprint density at radius 3 is 2.52 bits per heavy atom. The SMILES string of the molecule is COc1cc(NCCCOc2ccccc2)c(Br)cc1Br. The molecule has 2 aromatic rings. The van der Waals surface area contributed by atoms with Gasteiger partial charge in [0.2, 0.25) is 0 Å². The van der Waals surface area contributed by atoms with Gasteiger partial charge in [0.05, 0.1) is 23.9 Å². The highest BCUT2D eigenvalue weighted by molar-refractivity contribution is 9.11. The van der Waals surface area contributed by atoms with Gasteiger partial charge < -0.3 is 14.8 Å². The predicted octanol–water partition coefficient (Wildman–Crippen LogP) is 5.10. The van der Waals surface area contributed by atoms with Gasteiger partial charge in [0.15, 0.2) is 0 Å². The molecule has 0 atom stereocenters. The van der Waals surface area contributed by atoms with E-state index in [1.54, 1.807) is 7.11 Å². The lowest BCUT2D eigenvalue weighted by molar-refractivity contribution is 0.315. The van der Waals surface area contributed by atoms with Gasteiger partial charge in [0, 0.05) is 17.1 Å². The molecule has 0 aliphatic carbocycles. The Hall–Kier alpha value is -1.20. The summed E-state index contributed by atoms with van der Waals surface area (Å²) in [7, 11) is 1.66. The third-order valence-corrected chi connectivity index (χ3v) is 4.17. The Morgan fingerprint density at radius 2 is 1.81 bits per heavy atom. The summed E-state index contributed by atoms with van der Waals surface area (Å²) in [5, 5.41) is 3.37. The van der Waals surface area contributed by atoms with Crippen LogP contribution in [0.25, 0.3) is 0 Å². The first-order valence-electron chi connectivity index (χ1n) is 6.65. The summed E-state index contributed by atoms with van der Waals surface area (Å²) >= 11 is 6.99. The minimum absolute atomic E-state index is 0.683. The normalized spacial score (nSPS) is 10.2. The molecule has 21 heavy (non-hydrogen) atoms. The van der Waals surface area contributed by atoms with Gasteiger partial charge in [-0.3, -0.25) is 0 Å². The first kappa shape index (κ1) is 16.2. The number of rotatable bonds is 7. The van der Waals surface area contributed by atoms with Crippen molar-refractivity contribution in [2.24, 2.45) is 0 Å². The molecule has 0 aromatic heterocycles. The van der Waals surface area contributed by atoms with Crippen LogP contribution >= 0.6 is 31.9 Å². The maximum atomic E-state index is 5.65. The van der Waals surface area contributed by atoms with E-state index in [1.165, 1.54) is 0 Å². The van der Waals surface area contributed by atoms with Crippen molar-refractivity contribution in [1.82, 2.24) is 0 Å². The first-order chi connectivity index (χ1) is 10.2. The maximum absolute atomic E-state index is 5.65. The summed E-state index contributed by atoms with van der Waals surface area (Å²) in [6, 6.07) is 13.8. The second-order valence-electron chi connectivity index (χ2n) is 4.41. The quantitative estimate of drug-likeness (QED) is 0.639. The Morgan fingerprint density at radius 1 is 1.05 bits per heavy atom. The van der Waals surface area contributed by atoms with Crippen molar-refractivity contribution in [1.29, 1.82) is 0 Å². The zero-order valence-corrected chi connectivity index (χ0v) is 14.9. The number of methoxy groups -OCH3 is 1. The third-order valence-electron chi connectivity index (χ3n) is 2.89. The van der Waals surface area contributed by atoms with E-state index in [4.69, 9.17) is 9.47 Å². The number of nitrogens with one attached hydrogen (secondary N) is 1. The zero-order chi connectivity index (χ0) is 15.1. The van der Waals surface area contributed by atoms with E-state index in [1.807, 2.05) is 42.5 Å². The van der Waals surface area contributed by atoms with Gasteiger partial charge in [0.1, 0.15) is 11.5 Å². The van der Waals surface area contributed by atoms with Crippen LogP contribution < -0.4 is 14.8 Å². The average Bonchev–Trinajstić information content (AvgIpc) is 2.50. The molecule has 0 heterocycles. The number of benzene rings is 2. The fourth-order valence-electron chi connectivity index (χ4n) is 1.82. The number of hydrogen-bond acceptors (Lipinski definition) is 3. The average molecular weight is 415 g/mol. The number of anilines is 1. The summed E-state index contributed by atoms with van der Waals surface area (Å²) in [6.07, 6.45) is 0.916. The fraction of sp³-hybridized carbons (Fsp3) is 0.250. The summed E-state index contributed by atoms with van der Waals surface area (Å²) < 4.78 is 12.9. The summed E-state index contributed by atoms with van der Waals surface area (Å²) in [5.74, 6) is 1.71. The standard InChI is InChI=1S/C16H17Br2NO2/c1-20-16-11-15(13(17)10-14(16)18)19-8-5-9-21-12-6-3-2-4-7-12/h2-4,6-7,10-11,19H,5,8-9H2,1H3. The Balaban J connectivity index is 1.78. The van der Waals surface area contributed by atoms with Gasteiger partial charge in [-0.25, -0.2) is 0 Å². The summed E-state index contributed by atoms with van der Waals surface area (Å²) in [5.41, 5.74) is 1.01. The lowest BCUT2D eigenvalue weighted by atomic mass is 10.3. The van der Waals surface area contributed by atoms with Crippen molar-refractivity contribution >= 4 is 37.5 Å². The van der Waals surface area contributed by atoms with Crippen molar-refractivity contribution in [3.05, 3.63) is 51.4 Å². The number of para-hydroxylation sites is 1. The second kappa shape index (κ2) is 8.29. The summed E-state index contributed by atoms with van der Waals surface area (Å²) in [4.78, 5) is 0. The smallest absolute Gasteiger partial charge is 0.135 e. The Labute approximate surface area is 141 Å². The van der Waals surface area contributed by atoms with E-state index in [2.05, 4.69) is 37.2 Å². The molecule has 2 aromatic carbocycles. The molecule has 5 heteroatoms. The van der Waals surface area contributed by atoms with Gasteiger partial charge in [-0.15, -0.1) is 0 Å². The van der Waals surface area contributed by atoms with Crippen molar-refractivity contribution in [2.75, 3.05) is 25.6 Å². The van der Waals surface area contributed by atoms with E-state index in [0.29, 0.717) is 6.61 Å². The molecule has 0 aliphatic rings. The van der Waals surface area contributed by atoms with Crippen LogP contribution in [0.5, 0.6) is 11.5 Å². The van der Waals surface area contributed by atoms with Crippen molar-refractivity contribution in [2.45, 2.75) is 6.42 Å². The number of hydrogen-bond donors (Lipinski definition) is 1. The summed E-state index contributed by atoms with van der Waals surface area (Å²) in [6.45, 7) is 1.51. The monoisotopic (exact) mass is 413 g/mol. The molecule has 0 radical (unpaired) electrons. The molecule has 0 amide bonds. The van der Waals surface area contributed by atoms with E-state index in [0.717, 1.165) is 39.1 Å². The van der Waals surface area contributed by atoms with Crippen LogP contribution in [0.2, 0.25) is 0 Å². The van der Waals surface area contributed by atoms with E-state index >= 15 is 0 Å². The van der Waals surface area contributed by atoms with E-state index < -0.39 is 0 Å². The zero-order valence-electron chi connectivity index (χ0n) is 11.7. The molecule has 0 fully saturated rings. The molecule has 0 spiro atoms. The van der Waals surface area contributed by atoms with Crippen LogP contribution in [0, 0.1) is 0 Å². The van der Waals surface area contributed by atoms with Crippen molar-refractivity contribution in [3.8, 4) is 11.5 Å². The van der Waals surface area contributed by atoms with Gasteiger partial charge in [-0.1, -0.05) is 18.2 Å². The third kappa shape index (κ3) is 4.93. The highest BCUT2D eigenvalue weighted by Gasteiger charge is 2.06. The predicted molar refractivity (Wildman–Crippen MR) is 93.4 cm³/mol. The van der Waals surface area contributed by atoms with Crippen molar-refractivity contribution < 1.29 is 9.47 Å². The van der Waals surface area contributed by atoms with Gasteiger partial charge in [0.25, 0.3) is 0 Å². The largest absolute Gasteiger partial charge is 0.495 e. The van der Waals surface area contributed by atoms with Gasteiger partial charge in [-0.05, 0) is 56.5 Å². The molecule has 0 saturated carbocycles. The second-order valence-corrected chi connectivity index (χ2v) is 6.12. The molecule has 1 N–H and O–H groups in total. The number of halogens is 2. The molecule has 0 bridgehead atoms. The molecule has 0 aliphatic heterocycles. The van der Waals surface area contributed by atoms with Crippen LogP contribution in [-0.4, -0.2) is 20.3 Å². The minimum atomic E-state index is 0.683. The molecule has 0 unspecified atom stereocenters. The van der Waals surface area contributed by atoms with Crippen LogP contribution in [0.3, 0.4) is 0 Å². The Bertz CT molecular complexity index is 576. The maximum Gasteiger partial charge on any atom is 0.135 e. The number of ether oxygens (including phenoxy) is 2. The highest BCUT2D eigenvalue weighted by Crippen LogP contribution is 2.34. The van der Waals surface area contributed by atoms with Gasteiger partial charge in [-0.2, -0.15) is 0 Å². The molecule has 112 valence electrons. The van der Waals surface area contributed by atoms with Crippen LogP contribution in [-0.2, 0) is 0 Å².